The van der Waals surface area contributed by atoms with Crippen LogP contribution in [0.5, 0.6) is 0 Å². The Bertz CT molecular complexity index is 213. The summed E-state index contributed by atoms with van der Waals surface area (Å²) in [6.45, 7) is 2.82. The second-order valence-electron chi connectivity index (χ2n) is 3.41. The van der Waals surface area contributed by atoms with Crippen molar-refractivity contribution in [2.75, 3.05) is 19.7 Å². The fourth-order valence-corrected chi connectivity index (χ4v) is 1.09. The largest absolute Gasteiger partial charge is 0.396 e. The quantitative estimate of drug-likeness (QED) is 0.486. The number of hydrogen-bond donors (Lipinski definition) is 3. The first-order chi connectivity index (χ1) is 7.20. The van der Waals surface area contributed by atoms with Crippen molar-refractivity contribution < 1.29 is 9.90 Å². The van der Waals surface area contributed by atoms with E-state index in [-0.39, 0.29) is 25.1 Å². The van der Waals surface area contributed by atoms with Crippen LogP contribution < -0.4 is 10.6 Å². The summed E-state index contributed by atoms with van der Waals surface area (Å²) in [5.74, 6) is -0.0962. The van der Waals surface area contributed by atoms with Crippen molar-refractivity contribution in [1.82, 2.24) is 10.6 Å². The van der Waals surface area contributed by atoms with Crippen molar-refractivity contribution in [3.63, 3.8) is 0 Å². The molecule has 0 spiro atoms. The number of rotatable bonds is 8. The maximum absolute atomic E-state index is 11.2. The summed E-state index contributed by atoms with van der Waals surface area (Å²) in [5, 5.41) is 22.5. The summed E-state index contributed by atoms with van der Waals surface area (Å²) >= 11 is 0. The van der Waals surface area contributed by atoms with Gasteiger partial charge >= 0.3 is 0 Å². The van der Waals surface area contributed by atoms with Crippen LogP contribution in [0, 0.1) is 11.3 Å². The second kappa shape index (κ2) is 9.44. The summed E-state index contributed by atoms with van der Waals surface area (Å²) < 4.78 is 0. The average Bonchev–Trinajstić information content (AvgIpc) is 2.24. The molecule has 0 rings (SSSR count). The molecule has 0 aromatic heterocycles. The molecule has 1 unspecified atom stereocenters. The lowest BCUT2D eigenvalue weighted by Crippen LogP contribution is -2.38. The standard InChI is InChI=1S/C10H19N3O2/c1-9(4-2-7-14)13-8-10(15)12-6-3-5-11/h9,13-14H,2-4,6-8H2,1H3,(H,12,15). The molecule has 15 heavy (non-hydrogen) atoms. The summed E-state index contributed by atoms with van der Waals surface area (Å²) in [6, 6.07) is 2.17. The molecule has 5 heteroatoms. The first kappa shape index (κ1) is 13.9. The van der Waals surface area contributed by atoms with Gasteiger partial charge in [0.1, 0.15) is 0 Å². The summed E-state index contributed by atoms with van der Waals surface area (Å²) in [6.07, 6.45) is 1.93. The molecule has 0 aromatic rings. The Morgan fingerprint density at radius 1 is 1.60 bits per heavy atom. The minimum absolute atomic E-state index is 0.0962. The van der Waals surface area contributed by atoms with Gasteiger partial charge in [0.15, 0.2) is 0 Å². The number of aliphatic hydroxyl groups is 1. The zero-order chi connectivity index (χ0) is 11.5. The monoisotopic (exact) mass is 213 g/mol. The zero-order valence-corrected chi connectivity index (χ0v) is 9.12. The predicted molar refractivity (Wildman–Crippen MR) is 57.0 cm³/mol. The van der Waals surface area contributed by atoms with Gasteiger partial charge in [-0.15, -0.1) is 0 Å². The van der Waals surface area contributed by atoms with Gasteiger partial charge in [0.25, 0.3) is 0 Å². The summed E-state index contributed by atoms with van der Waals surface area (Å²) in [5.41, 5.74) is 0. The minimum atomic E-state index is -0.0962. The van der Waals surface area contributed by atoms with Crippen molar-refractivity contribution >= 4 is 5.91 Å². The van der Waals surface area contributed by atoms with Crippen LogP contribution in [0.3, 0.4) is 0 Å². The first-order valence-electron chi connectivity index (χ1n) is 5.18. The SMILES string of the molecule is CC(CCCO)NCC(=O)NCCC#N. The molecule has 0 radical (unpaired) electrons. The molecule has 0 aliphatic carbocycles. The van der Waals surface area contributed by atoms with E-state index >= 15 is 0 Å². The van der Waals surface area contributed by atoms with Gasteiger partial charge in [-0.3, -0.25) is 4.79 Å². The van der Waals surface area contributed by atoms with Crippen LogP contribution in [0.25, 0.3) is 0 Å². The number of amides is 1. The highest BCUT2D eigenvalue weighted by Crippen LogP contribution is 1.93. The van der Waals surface area contributed by atoms with Gasteiger partial charge in [0.05, 0.1) is 19.0 Å². The smallest absolute Gasteiger partial charge is 0.233 e. The molecule has 86 valence electrons. The van der Waals surface area contributed by atoms with E-state index in [1.54, 1.807) is 0 Å². The van der Waals surface area contributed by atoms with Crippen LogP contribution in [0.1, 0.15) is 26.2 Å². The Hall–Kier alpha value is -1.12. The molecule has 0 fully saturated rings. The third kappa shape index (κ3) is 9.19. The van der Waals surface area contributed by atoms with E-state index in [1.165, 1.54) is 0 Å². The van der Waals surface area contributed by atoms with E-state index in [2.05, 4.69) is 10.6 Å². The van der Waals surface area contributed by atoms with E-state index in [4.69, 9.17) is 10.4 Å². The van der Waals surface area contributed by atoms with Crippen molar-refractivity contribution in [2.45, 2.75) is 32.2 Å². The Kier molecular flexibility index (Phi) is 8.73. The Labute approximate surface area is 90.5 Å². The molecule has 1 atom stereocenters. The van der Waals surface area contributed by atoms with Gasteiger partial charge in [-0.25, -0.2) is 0 Å². The lowest BCUT2D eigenvalue weighted by molar-refractivity contribution is -0.120. The van der Waals surface area contributed by atoms with Gasteiger partial charge < -0.3 is 15.7 Å². The number of hydrogen-bond acceptors (Lipinski definition) is 4. The number of nitriles is 1. The number of aliphatic hydroxyl groups excluding tert-OH is 1. The predicted octanol–water partition coefficient (Wildman–Crippen LogP) is -0.233. The van der Waals surface area contributed by atoms with Gasteiger partial charge in [0, 0.05) is 19.2 Å². The molecule has 1 amide bonds. The van der Waals surface area contributed by atoms with Gasteiger partial charge in [-0.2, -0.15) is 5.26 Å². The van der Waals surface area contributed by atoms with E-state index in [0.29, 0.717) is 13.0 Å². The average molecular weight is 213 g/mol. The molecule has 0 saturated carbocycles. The zero-order valence-electron chi connectivity index (χ0n) is 9.12. The van der Waals surface area contributed by atoms with E-state index < -0.39 is 0 Å². The summed E-state index contributed by atoms with van der Waals surface area (Å²) in [7, 11) is 0. The fourth-order valence-electron chi connectivity index (χ4n) is 1.09. The molecule has 3 N–H and O–H groups in total. The van der Waals surface area contributed by atoms with E-state index in [9.17, 15) is 4.79 Å². The van der Waals surface area contributed by atoms with Gasteiger partial charge in [0.2, 0.25) is 5.91 Å². The normalized spacial score (nSPS) is 11.8. The lowest BCUT2D eigenvalue weighted by Gasteiger charge is -2.12. The van der Waals surface area contributed by atoms with Crippen LogP contribution in [0.4, 0.5) is 0 Å². The van der Waals surface area contributed by atoms with E-state index in [1.807, 2.05) is 13.0 Å². The molecule has 0 heterocycles. The highest BCUT2D eigenvalue weighted by Gasteiger charge is 2.04. The molecule has 0 aliphatic rings. The highest BCUT2D eigenvalue weighted by atomic mass is 16.2. The molecule has 0 aliphatic heterocycles. The molecule has 0 saturated heterocycles. The minimum Gasteiger partial charge on any atom is -0.396 e. The molecular formula is C10H19N3O2. The molecule has 5 nitrogen and oxygen atoms in total. The van der Waals surface area contributed by atoms with Crippen molar-refractivity contribution in [2.24, 2.45) is 0 Å². The summed E-state index contributed by atoms with van der Waals surface area (Å²) in [4.78, 5) is 11.2. The Morgan fingerprint density at radius 3 is 2.93 bits per heavy atom. The maximum atomic E-state index is 11.2. The third-order valence-corrected chi connectivity index (χ3v) is 1.97. The number of carbonyl (C=O) groups excluding carboxylic acids is 1. The topological polar surface area (TPSA) is 85.2 Å². The Balaban J connectivity index is 3.41. The van der Waals surface area contributed by atoms with Crippen molar-refractivity contribution in [3.8, 4) is 6.07 Å². The molecule has 0 bridgehead atoms. The van der Waals surface area contributed by atoms with Crippen LogP contribution >= 0.6 is 0 Å². The fraction of sp³-hybridized carbons (Fsp3) is 0.800. The van der Waals surface area contributed by atoms with Crippen LogP contribution in [-0.4, -0.2) is 36.8 Å². The van der Waals surface area contributed by atoms with Gasteiger partial charge in [-0.1, -0.05) is 0 Å². The Morgan fingerprint density at radius 2 is 2.33 bits per heavy atom. The first-order valence-corrected chi connectivity index (χ1v) is 5.18. The van der Waals surface area contributed by atoms with Gasteiger partial charge in [-0.05, 0) is 19.8 Å². The van der Waals surface area contributed by atoms with Crippen molar-refractivity contribution in [1.29, 1.82) is 5.26 Å². The van der Waals surface area contributed by atoms with Crippen LogP contribution in [-0.2, 0) is 4.79 Å². The lowest BCUT2D eigenvalue weighted by atomic mass is 10.2. The van der Waals surface area contributed by atoms with Crippen molar-refractivity contribution in [3.05, 3.63) is 0 Å². The van der Waals surface area contributed by atoms with Crippen LogP contribution in [0.2, 0.25) is 0 Å². The highest BCUT2D eigenvalue weighted by molar-refractivity contribution is 5.77. The number of carbonyl (C=O) groups is 1. The second-order valence-corrected chi connectivity index (χ2v) is 3.41. The molecule has 0 aromatic carbocycles. The van der Waals surface area contributed by atoms with Crippen LogP contribution in [0.15, 0.2) is 0 Å². The number of nitrogens with zero attached hydrogens (tertiary/aromatic N) is 1. The maximum Gasteiger partial charge on any atom is 0.233 e. The number of nitrogens with one attached hydrogen (secondary N) is 2. The molecular weight excluding hydrogens is 194 g/mol. The third-order valence-electron chi connectivity index (χ3n) is 1.97. The van der Waals surface area contributed by atoms with E-state index in [0.717, 1.165) is 12.8 Å².